The molecule has 0 saturated heterocycles. The van der Waals surface area contributed by atoms with Crippen LogP contribution in [0.2, 0.25) is 10.0 Å². The fourth-order valence-corrected chi connectivity index (χ4v) is 4.78. The second-order valence-electron chi connectivity index (χ2n) is 9.15. The molecule has 1 aliphatic rings. The number of ether oxygens (including phenoxy) is 1. The summed E-state index contributed by atoms with van der Waals surface area (Å²) in [5, 5.41) is 3.63. The normalized spacial score (nSPS) is 15.4. The van der Waals surface area contributed by atoms with Gasteiger partial charge < -0.3 is 15.0 Å². The van der Waals surface area contributed by atoms with Crippen molar-refractivity contribution >= 4 is 46.7 Å². The minimum atomic E-state index is -0.500. The maximum absolute atomic E-state index is 13.3. The molecule has 0 saturated carbocycles. The third kappa shape index (κ3) is 6.09. The molecule has 3 aromatic carbocycles. The summed E-state index contributed by atoms with van der Waals surface area (Å²) in [4.78, 5) is 40.5. The number of nitrogens with one attached hydrogen (secondary N) is 1. The Morgan fingerprint density at radius 2 is 1.66 bits per heavy atom. The van der Waals surface area contributed by atoms with Crippen LogP contribution < -0.4 is 5.32 Å². The van der Waals surface area contributed by atoms with E-state index in [-0.39, 0.29) is 31.4 Å². The van der Waals surface area contributed by atoms with Crippen LogP contribution in [0.1, 0.15) is 53.2 Å². The molecular formula is C30H28Cl2N2O4. The van der Waals surface area contributed by atoms with Crippen molar-refractivity contribution in [3.8, 4) is 0 Å². The second kappa shape index (κ2) is 11.8. The van der Waals surface area contributed by atoms with Gasteiger partial charge in [0.05, 0.1) is 28.8 Å². The van der Waals surface area contributed by atoms with E-state index in [1.54, 1.807) is 61.2 Å². The van der Waals surface area contributed by atoms with Crippen molar-refractivity contribution in [2.45, 2.75) is 39.7 Å². The first kappa shape index (κ1) is 27.4. The van der Waals surface area contributed by atoms with Gasteiger partial charge in [0.25, 0.3) is 5.91 Å². The van der Waals surface area contributed by atoms with Crippen molar-refractivity contribution in [1.82, 2.24) is 4.90 Å². The number of hydrogen-bond acceptors (Lipinski definition) is 4. The zero-order chi connectivity index (χ0) is 27.4. The van der Waals surface area contributed by atoms with Crippen molar-refractivity contribution in [2.24, 2.45) is 0 Å². The summed E-state index contributed by atoms with van der Waals surface area (Å²) in [7, 11) is 0. The van der Waals surface area contributed by atoms with E-state index in [0.717, 1.165) is 16.7 Å². The largest absolute Gasteiger partial charge is 0.463 e. The molecule has 38 heavy (non-hydrogen) atoms. The van der Waals surface area contributed by atoms with Gasteiger partial charge in [-0.2, -0.15) is 0 Å². The molecule has 1 N–H and O–H groups in total. The van der Waals surface area contributed by atoms with Gasteiger partial charge in [-0.05, 0) is 68.3 Å². The summed E-state index contributed by atoms with van der Waals surface area (Å²) >= 11 is 12.3. The molecule has 0 aromatic heterocycles. The third-order valence-electron chi connectivity index (χ3n) is 6.53. The van der Waals surface area contributed by atoms with Crippen molar-refractivity contribution in [2.75, 3.05) is 11.9 Å². The number of allylic oxidation sites excluding steroid dienone is 1. The van der Waals surface area contributed by atoms with Gasteiger partial charge >= 0.3 is 5.97 Å². The first-order valence-electron chi connectivity index (χ1n) is 12.3. The molecule has 4 rings (SSSR count). The van der Waals surface area contributed by atoms with E-state index in [1.807, 2.05) is 31.2 Å². The van der Waals surface area contributed by atoms with Crippen molar-refractivity contribution < 1.29 is 19.1 Å². The topological polar surface area (TPSA) is 75.7 Å². The molecule has 2 amide bonds. The second-order valence-corrected chi connectivity index (χ2v) is 9.96. The highest BCUT2D eigenvalue weighted by Gasteiger charge is 2.37. The number of halogens is 2. The van der Waals surface area contributed by atoms with Crippen LogP contribution >= 0.6 is 23.2 Å². The van der Waals surface area contributed by atoms with E-state index in [2.05, 4.69) is 5.32 Å². The standard InChI is InChI=1S/C30H28Cl2N2O4/c1-4-38-30(37)28-19(3)34(27(35)16-24(28)22-11-14-25(31)26(32)15-22)17-20-7-9-21(10-8-20)29(36)33-23-12-5-18(2)6-13-23/h5-15,24H,4,16-17H2,1-3H3,(H,33,36)/t24-/m0/s1. The lowest BCUT2D eigenvalue weighted by Gasteiger charge is -2.34. The van der Waals surface area contributed by atoms with Crippen LogP contribution in [0.25, 0.3) is 0 Å². The van der Waals surface area contributed by atoms with Crippen LogP contribution in [-0.4, -0.2) is 29.3 Å². The summed E-state index contributed by atoms with van der Waals surface area (Å²) in [6.07, 6.45) is 0.0838. The predicted molar refractivity (Wildman–Crippen MR) is 149 cm³/mol. The fourth-order valence-electron chi connectivity index (χ4n) is 4.47. The molecule has 0 radical (unpaired) electrons. The summed E-state index contributed by atoms with van der Waals surface area (Å²) in [5.74, 6) is -1.32. The lowest BCUT2D eigenvalue weighted by molar-refractivity contribution is -0.140. The number of carbonyl (C=O) groups is 3. The molecule has 1 atom stereocenters. The minimum Gasteiger partial charge on any atom is -0.463 e. The molecule has 0 fully saturated rings. The van der Waals surface area contributed by atoms with Crippen LogP contribution in [0.3, 0.4) is 0 Å². The highest BCUT2D eigenvalue weighted by Crippen LogP contribution is 2.39. The fraction of sp³-hybridized carbons (Fsp3) is 0.233. The number of benzene rings is 3. The predicted octanol–water partition coefficient (Wildman–Crippen LogP) is 6.91. The Balaban J connectivity index is 1.57. The first-order chi connectivity index (χ1) is 18.2. The Kier molecular flexibility index (Phi) is 8.55. The summed E-state index contributed by atoms with van der Waals surface area (Å²) in [5.41, 5.74) is 4.81. The van der Waals surface area contributed by atoms with E-state index in [1.165, 1.54) is 0 Å². The number of amides is 2. The van der Waals surface area contributed by atoms with E-state index in [9.17, 15) is 14.4 Å². The molecule has 6 nitrogen and oxygen atoms in total. The van der Waals surface area contributed by atoms with Gasteiger partial charge in [0.1, 0.15) is 0 Å². The maximum Gasteiger partial charge on any atom is 0.336 e. The Hall–Kier alpha value is -3.61. The molecule has 0 unspecified atom stereocenters. The minimum absolute atomic E-state index is 0.0838. The van der Waals surface area contributed by atoms with Gasteiger partial charge in [-0.1, -0.05) is 59.1 Å². The Bertz CT molecular complexity index is 1400. The number of carbonyl (C=O) groups excluding carboxylic acids is 3. The maximum atomic E-state index is 13.3. The highest BCUT2D eigenvalue weighted by molar-refractivity contribution is 6.42. The van der Waals surface area contributed by atoms with E-state index >= 15 is 0 Å². The lowest BCUT2D eigenvalue weighted by atomic mass is 9.83. The van der Waals surface area contributed by atoms with E-state index in [0.29, 0.717) is 32.6 Å². The number of esters is 1. The number of hydrogen-bond donors (Lipinski definition) is 1. The number of anilines is 1. The zero-order valence-corrected chi connectivity index (χ0v) is 22.9. The van der Waals surface area contributed by atoms with Gasteiger partial charge in [0.2, 0.25) is 5.91 Å². The zero-order valence-electron chi connectivity index (χ0n) is 21.4. The number of aryl methyl sites for hydroxylation is 1. The van der Waals surface area contributed by atoms with E-state index < -0.39 is 11.9 Å². The highest BCUT2D eigenvalue weighted by atomic mass is 35.5. The lowest BCUT2D eigenvalue weighted by Crippen LogP contribution is -2.38. The molecule has 8 heteroatoms. The average Bonchev–Trinajstić information content (AvgIpc) is 2.89. The van der Waals surface area contributed by atoms with Crippen molar-refractivity contribution in [3.63, 3.8) is 0 Å². The molecule has 0 aliphatic carbocycles. The van der Waals surface area contributed by atoms with Crippen LogP contribution in [0.15, 0.2) is 78.0 Å². The molecule has 1 heterocycles. The average molecular weight is 551 g/mol. The Morgan fingerprint density at radius 1 is 0.974 bits per heavy atom. The number of nitrogens with zero attached hydrogens (tertiary/aromatic N) is 1. The van der Waals surface area contributed by atoms with Gasteiger partial charge in [-0.15, -0.1) is 0 Å². The first-order valence-corrected chi connectivity index (χ1v) is 13.0. The molecule has 0 bridgehead atoms. The molecule has 3 aromatic rings. The van der Waals surface area contributed by atoms with Gasteiger partial charge in [0, 0.05) is 29.3 Å². The quantitative estimate of drug-likeness (QED) is 0.324. The van der Waals surface area contributed by atoms with Crippen LogP contribution in [0.4, 0.5) is 5.69 Å². The van der Waals surface area contributed by atoms with Crippen molar-refractivity contribution in [1.29, 1.82) is 0 Å². The van der Waals surface area contributed by atoms with Crippen LogP contribution in [-0.2, 0) is 20.9 Å². The third-order valence-corrected chi connectivity index (χ3v) is 7.27. The van der Waals surface area contributed by atoms with Gasteiger partial charge in [0.15, 0.2) is 0 Å². The number of rotatable bonds is 7. The Morgan fingerprint density at radius 3 is 2.29 bits per heavy atom. The molecule has 196 valence electrons. The molecular weight excluding hydrogens is 523 g/mol. The van der Waals surface area contributed by atoms with Crippen LogP contribution in [0, 0.1) is 6.92 Å². The Labute approximate surface area is 232 Å². The van der Waals surface area contributed by atoms with Gasteiger partial charge in [-0.25, -0.2) is 4.79 Å². The SMILES string of the molecule is CCOC(=O)C1=C(C)N(Cc2ccc(C(=O)Nc3ccc(C)cc3)cc2)C(=O)C[C@H]1c1ccc(Cl)c(Cl)c1. The van der Waals surface area contributed by atoms with Gasteiger partial charge in [-0.3, -0.25) is 9.59 Å². The van der Waals surface area contributed by atoms with Crippen LogP contribution in [0.5, 0.6) is 0 Å². The molecule has 0 spiro atoms. The monoisotopic (exact) mass is 550 g/mol. The van der Waals surface area contributed by atoms with Crippen molar-refractivity contribution in [3.05, 3.63) is 110 Å². The summed E-state index contributed by atoms with van der Waals surface area (Å²) in [6, 6.07) is 19.7. The summed E-state index contributed by atoms with van der Waals surface area (Å²) < 4.78 is 5.35. The molecule has 1 aliphatic heterocycles. The summed E-state index contributed by atoms with van der Waals surface area (Å²) in [6.45, 7) is 5.93. The smallest absolute Gasteiger partial charge is 0.336 e. The van der Waals surface area contributed by atoms with E-state index in [4.69, 9.17) is 27.9 Å².